The topological polar surface area (TPSA) is 82.7 Å². The van der Waals surface area contributed by atoms with Crippen molar-refractivity contribution >= 4 is 11.5 Å². The minimum atomic E-state index is -0.00273. The molecule has 2 N–H and O–H groups in total. The van der Waals surface area contributed by atoms with Crippen molar-refractivity contribution in [1.29, 1.82) is 5.41 Å². The maximum Gasteiger partial charge on any atom is 0.194 e. The van der Waals surface area contributed by atoms with Gasteiger partial charge in [0, 0.05) is 6.20 Å². The molecular formula is C19H17N5O. The van der Waals surface area contributed by atoms with Crippen molar-refractivity contribution in [1.82, 2.24) is 4.98 Å². The molecule has 124 valence electrons. The van der Waals surface area contributed by atoms with E-state index in [0.717, 1.165) is 22.6 Å². The Morgan fingerprint density at radius 2 is 1.80 bits per heavy atom. The summed E-state index contributed by atoms with van der Waals surface area (Å²) < 4.78 is 5.26. The van der Waals surface area contributed by atoms with Crippen LogP contribution >= 0.6 is 0 Å². The number of anilines is 1. The number of rotatable bonds is 5. The van der Waals surface area contributed by atoms with E-state index in [1.807, 2.05) is 48.5 Å². The van der Waals surface area contributed by atoms with Crippen LogP contribution in [0.5, 0.6) is 5.75 Å². The highest BCUT2D eigenvalue weighted by Crippen LogP contribution is 2.26. The standard InChI is InChI=1S/C19H17N5O/c1-25-17-9-5-7-15(13-17)14-6-4-8-16(12-14)22-24-23-19(20)18-10-2-3-11-21-18/h2-13H,1H3,(H2,20,22,23). The second kappa shape index (κ2) is 7.83. The summed E-state index contributed by atoms with van der Waals surface area (Å²) in [7, 11) is 1.65. The highest BCUT2D eigenvalue weighted by molar-refractivity contribution is 5.94. The average Bonchev–Trinajstić information content (AvgIpc) is 2.69. The molecule has 0 saturated heterocycles. The molecule has 1 heterocycles. The van der Waals surface area contributed by atoms with E-state index < -0.39 is 0 Å². The summed E-state index contributed by atoms with van der Waals surface area (Å²) in [5.41, 5.74) is 6.16. The molecule has 6 heteroatoms. The van der Waals surface area contributed by atoms with Crippen LogP contribution in [-0.4, -0.2) is 17.9 Å². The Kier molecular flexibility index (Phi) is 5.11. The second-order valence-electron chi connectivity index (χ2n) is 5.19. The third kappa shape index (κ3) is 4.26. The molecule has 0 atom stereocenters. The van der Waals surface area contributed by atoms with Gasteiger partial charge in [-0.05, 0) is 47.5 Å². The van der Waals surface area contributed by atoms with Crippen LogP contribution in [0.3, 0.4) is 0 Å². The summed E-state index contributed by atoms with van der Waals surface area (Å²) in [5, 5.41) is 15.5. The number of pyridine rings is 1. The van der Waals surface area contributed by atoms with Gasteiger partial charge < -0.3 is 4.74 Å². The molecule has 0 saturated carbocycles. The quantitative estimate of drug-likeness (QED) is 0.311. The van der Waals surface area contributed by atoms with E-state index in [1.165, 1.54) is 0 Å². The first kappa shape index (κ1) is 16.3. The largest absolute Gasteiger partial charge is 0.497 e. The molecule has 0 bridgehead atoms. The molecule has 0 aliphatic rings. The molecule has 0 unspecified atom stereocenters. The molecule has 6 nitrogen and oxygen atoms in total. The van der Waals surface area contributed by atoms with E-state index in [4.69, 9.17) is 10.1 Å². The lowest BCUT2D eigenvalue weighted by Crippen LogP contribution is -1.98. The zero-order valence-corrected chi connectivity index (χ0v) is 13.7. The van der Waals surface area contributed by atoms with Crippen LogP contribution in [0.15, 0.2) is 83.3 Å². The van der Waals surface area contributed by atoms with Crippen LogP contribution in [0.25, 0.3) is 11.1 Å². The van der Waals surface area contributed by atoms with Crippen molar-refractivity contribution in [3.8, 4) is 16.9 Å². The number of hydrogen-bond acceptors (Lipinski definition) is 4. The minimum Gasteiger partial charge on any atom is -0.497 e. The predicted octanol–water partition coefficient (Wildman–Crippen LogP) is 4.56. The van der Waals surface area contributed by atoms with Crippen molar-refractivity contribution in [2.45, 2.75) is 0 Å². The normalized spacial score (nSPS) is 10.6. The number of hydrogen-bond donors (Lipinski definition) is 2. The van der Waals surface area contributed by atoms with E-state index >= 15 is 0 Å². The highest BCUT2D eigenvalue weighted by atomic mass is 16.5. The lowest BCUT2D eigenvalue weighted by Gasteiger charge is -2.06. The molecule has 3 rings (SSSR count). The summed E-state index contributed by atoms with van der Waals surface area (Å²) in [4.78, 5) is 4.06. The van der Waals surface area contributed by atoms with Crippen LogP contribution in [0, 0.1) is 5.41 Å². The van der Waals surface area contributed by atoms with E-state index in [-0.39, 0.29) is 5.84 Å². The zero-order valence-electron chi connectivity index (χ0n) is 13.7. The zero-order chi connectivity index (χ0) is 17.5. The second-order valence-corrected chi connectivity index (χ2v) is 5.19. The van der Waals surface area contributed by atoms with E-state index in [2.05, 4.69) is 20.7 Å². The number of benzene rings is 2. The van der Waals surface area contributed by atoms with Crippen molar-refractivity contribution in [3.05, 3.63) is 78.6 Å². The minimum absolute atomic E-state index is 0.00273. The number of ether oxygens (including phenoxy) is 1. The Balaban J connectivity index is 1.71. The molecule has 2 aromatic carbocycles. The van der Waals surface area contributed by atoms with Gasteiger partial charge >= 0.3 is 0 Å². The van der Waals surface area contributed by atoms with Gasteiger partial charge in [-0.25, -0.2) is 0 Å². The summed E-state index contributed by atoms with van der Waals surface area (Å²) in [6.07, 6.45) is 1.62. The SMILES string of the molecule is COc1cccc(-c2cccc(N/N=N\C(=N)c3ccccn3)c2)c1. The third-order valence-electron chi connectivity index (χ3n) is 3.50. The lowest BCUT2D eigenvalue weighted by atomic mass is 10.1. The lowest BCUT2D eigenvalue weighted by molar-refractivity contribution is 0.415. The van der Waals surface area contributed by atoms with Crippen LogP contribution < -0.4 is 10.2 Å². The van der Waals surface area contributed by atoms with Crippen LogP contribution in [0.4, 0.5) is 5.69 Å². The number of aromatic nitrogens is 1. The smallest absolute Gasteiger partial charge is 0.194 e. The molecule has 25 heavy (non-hydrogen) atoms. The van der Waals surface area contributed by atoms with Gasteiger partial charge in [-0.1, -0.05) is 35.6 Å². The summed E-state index contributed by atoms with van der Waals surface area (Å²) in [6.45, 7) is 0. The molecule has 0 aliphatic heterocycles. The Morgan fingerprint density at radius 3 is 2.56 bits per heavy atom. The first-order valence-corrected chi connectivity index (χ1v) is 7.67. The van der Waals surface area contributed by atoms with E-state index in [0.29, 0.717) is 5.69 Å². The van der Waals surface area contributed by atoms with Gasteiger partial charge in [0.25, 0.3) is 0 Å². The van der Waals surface area contributed by atoms with Crippen molar-refractivity contribution in [2.75, 3.05) is 12.5 Å². The van der Waals surface area contributed by atoms with Crippen molar-refractivity contribution in [2.24, 2.45) is 10.3 Å². The van der Waals surface area contributed by atoms with Crippen molar-refractivity contribution < 1.29 is 4.74 Å². The molecular weight excluding hydrogens is 314 g/mol. The molecule has 0 fully saturated rings. The molecule has 0 spiro atoms. The maximum absolute atomic E-state index is 7.84. The predicted molar refractivity (Wildman–Crippen MR) is 98.0 cm³/mol. The monoisotopic (exact) mass is 331 g/mol. The van der Waals surface area contributed by atoms with Crippen LogP contribution in [0.2, 0.25) is 0 Å². The molecule has 1 aromatic heterocycles. The molecule has 3 aromatic rings. The maximum atomic E-state index is 7.84. The van der Waals surface area contributed by atoms with E-state index in [1.54, 1.807) is 31.5 Å². The van der Waals surface area contributed by atoms with Crippen molar-refractivity contribution in [3.63, 3.8) is 0 Å². The number of nitrogens with zero attached hydrogens (tertiary/aromatic N) is 3. The van der Waals surface area contributed by atoms with Gasteiger partial charge in [-0.2, -0.15) is 0 Å². The summed E-state index contributed by atoms with van der Waals surface area (Å²) in [5.74, 6) is 0.802. The fourth-order valence-electron chi connectivity index (χ4n) is 2.26. The fourth-order valence-corrected chi connectivity index (χ4v) is 2.26. The third-order valence-corrected chi connectivity index (χ3v) is 3.50. The van der Waals surface area contributed by atoms with Gasteiger partial charge in [0.2, 0.25) is 0 Å². The summed E-state index contributed by atoms with van der Waals surface area (Å²) in [6, 6.07) is 20.9. The van der Waals surface area contributed by atoms with Gasteiger partial charge in [0.15, 0.2) is 5.84 Å². The first-order valence-electron chi connectivity index (χ1n) is 7.67. The van der Waals surface area contributed by atoms with Gasteiger partial charge in [0.05, 0.1) is 12.8 Å². The van der Waals surface area contributed by atoms with Gasteiger partial charge in [-0.15, -0.1) is 5.11 Å². The van der Waals surface area contributed by atoms with E-state index in [9.17, 15) is 0 Å². The van der Waals surface area contributed by atoms with Crippen LogP contribution in [-0.2, 0) is 0 Å². The highest BCUT2D eigenvalue weighted by Gasteiger charge is 2.02. The van der Waals surface area contributed by atoms with Gasteiger partial charge in [0.1, 0.15) is 11.4 Å². The Labute approximate surface area is 145 Å². The average molecular weight is 331 g/mol. The fraction of sp³-hybridized carbons (Fsp3) is 0.0526. The summed E-state index contributed by atoms with van der Waals surface area (Å²) >= 11 is 0. The Morgan fingerprint density at radius 1 is 1.00 bits per heavy atom. The Hall–Kier alpha value is -3.54. The van der Waals surface area contributed by atoms with Crippen LogP contribution in [0.1, 0.15) is 5.69 Å². The number of amidine groups is 1. The van der Waals surface area contributed by atoms with Gasteiger partial charge in [-0.3, -0.25) is 15.8 Å². The molecule has 0 aliphatic carbocycles. The number of nitrogens with one attached hydrogen (secondary N) is 2. The first-order chi connectivity index (χ1) is 12.3. The number of methoxy groups -OCH3 is 1. The molecule has 0 amide bonds. The molecule has 0 radical (unpaired) electrons. The Bertz CT molecular complexity index is 893.